The standard InChI is InChI=1S/C17H13N3O4S/c1-20-5-4-11(7-15(20)21)16(22)19-17-18-12(8-25-17)10-2-3-13-14(6-10)24-9-23-13/h2-8H,9H2,1H3,(H,18,19,22). The molecule has 1 amide bonds. The maximum atomic E-state index is 12.2. The predicted molar refractivity (Wildman–Crippen MR) is 93.3 cm³/mol. The van der Waals surface area contributed by atoms with Gasteiger partial charge in [-0.15, -0.1) is 11.3 Å². The molecule has 0 atom stereocenters. The molecule has 25 heavy (non-hydrogen) atoms. The lowest BCUT2D eigenvalue weighted by atomic mass is 10.1. The first-order valence-electron chi connectivity index (χ1n) is 7.44. The Morgan fingerprint density at radius 3 is 2.92 bits per heavy atom. The predicted octanol–water partition coefficient (Wildman–Crippen LogP) is 2.49. The summed E-state index contributed by atoms with van der Waals surface area (Å²) in [6.07, 6.45) is 1.55. The largest absolute Gasteiger partial charge is 0.454 e. The third-order valence-electron chi connectivity index (χ3n) is 3.76. The molecule has 0 aliphatic carbocycles. The Labute approximate surface area is 146 Å². The van der Waals surface area contributed by atoms with Crippen LogP contribution in [0.2, 0.25) is 0 Å². The SMILES string of the molecule is Cn1ccc(C(=O)Nc2nc(-c3ccc4c(c3)OCO4)cs2)cc1=O. The Kier molecular flexibility index (Phi) is 3.73. The second-order valence-electron chi connectivity index (χ2n) is 5.42. The molecule has 0 unspecified atom stereocenters. The fourth-order valence-electron chi connectivity index (χ4n) is 2.38. The first-order chi connectivity index (χ1) is 12.1. The maximum Gasteiger partial charge on any atom is 0.257 e. The summed E-state index contributed by atoms with van der Waals surface area (Å²) in [5.41, 5.74) is 1.65. The van der Waals surface area contributed by atoms with Gasteiger partial charge in [0.2, 0.25) is 6.79 Å². The van der Waals surface area contributed by atoms with Crippen molar-refractivity contribution in [3.8, 4) is 22.8 Å². The average Bonchev–Trinajstić information content (AvgIpc) is 3.25. The van der Waals surface area contributed by atoms with E-state index in [1.165, 1.54) is 22.0 Å². The summed E-state index contributed by atoms with van der Waals surface area (Å²) in [5.74, 6) is 1.01. The number of fused-ring (bicyclic) bond motifs is 1. The molecule has 8 heteroatoms. The van der Waals surface area contributed by atoms with Crippen LogP contribution in [0.3, 0.4) is 0 Å². The van der Waals surface area contributed by atoms with E-state index in [9.17, 15) is 9.59 Å². The van der Waals surface area contributed by atoms with Crippen LogP contribution in [0, 0.1) is 0 Å². The number of carbonyl (C=O) groups is 1. The quantitative estimate of drug-likeness (QED) is 0.780. The molecule has 3 aromatic rings. The van der Waals surface area contributed by atoms with Gasteiger partial charge in [0.1, 0.15) is 0 Å². The van der Waals surface area contributed by atoms with Crippen LogP contribution in [0.15, 0.2) is 46.7 Å². The lowest BCUT2D eigenvalue weighted by Crippen LogP contribution is -2.19. The molecule has 4 rings (SSSR count). The molecule has 1 aliphatic rings. The van der Waals surface area contributed by atoms with Crippen LogP contribution in [-0.2, 0) is 7.05 Å². The molecule has 0 spiro atoms. The monoisotopic (exact) mass is 355 g/mol. The summed E-state index contributed by atoms with van der Waals surface area (Å²) in [6, 6.07) is 8.44. The molecule has 0 bridgehead atoms. The summed E-state index contributed by atoms with van der Waals surface area (Å²) in [6.45, 7) is 0.216. The van der Waals surface area contributed by atoms with Crippen molar-refractivity contribution in [2.45, 2.75) is 0 Å². The van der Waals surface area contributed by atoms with Crippen molar-refractivity contribution < 1.29 is 14.3 Å². The maximum absolute atomic E-state index is 12.2. The first kappa shape index (κ1) is 15.4. The fourth-order valence-corrected chi connectivity index (χ4v) is 3.09. The van der Waals surface area contributed by atoms with Crippen LogP contribution in [0.1, 0.15) is 10.4 Å². The van der Waals surface area contributed by atoms with Crippen molar-refractivity contribution in [2.75, 3.05) is 12.1 Å². The molecule has 0 fully saturated rings. The van der Waals surface area contributed by atoms with Crippen LogP contribution in [0.25, 0.3) is 11.3 Å². The minimum absolute atomic E-state index is 0.216. The molecule has 0 saturated heterocycles. The number of rotatable bonds is 3. The minimum atomic E-state index is -0.371. The van der Waals surface area contributed by atoms with Crippen molar-refractivity contribution in [1.82, 2.24) is 9.55 Å². The lowest BCUT2D eigenvalue weighted by Gasteiger charge is -2.03. The summed E-state index contributed by atoms with van der Waals surface area (Å²) in [5, 5.41) is 5.01. The third kappa shape index (κ3) is 2.99. The molecule has 0 radical (unpaired) electrons. The normalized spacial score (nSPS) is 12.2. The van der Waals surface area contributed by atoms with Crippen LogP contribution in [0.5, 0.6) is 11.5 Å². The van der Waals surface area contributed by atoms with Gasteiger partial charge in [0.05, 0.1) is 5.69 Å². The van der Waals surface area contributed by atoms with E-state index in [1.807, 2.05) is 23.6 Å². The molecular weight excluding hydrogens is 342 g/mol. The van der Waals surface area contributed by atoms with E-state index >= 15 is 0 Å². The van der Waals surface area contributed by atoms with Gasteiger partial charge in [-0.3, -0.25) is 14.9 Å². The summed E-state index contributed by atoms with van der Waals surface area (Å²) < 4.78 is 12.1. The Morgan fingerprint density at radius 2 is 2.08 bits per heavy atom. The number of carbonyl (C=O) groups excluding carboxylic acids is 1. The van der Waals surface area contributed by atoms with Crippen LogP contribution < -0.4 is 20.3 Å². The zero-order valence-corrected chi connectivity index (χ0v) is 14.0. The van der Waals surface area contributed by atoms with E-state index in [0.29, 0.717) is 22.2 Å². The Balaban J connectivity index is 1.54. The summed E-state index contributed by atoms with van der Waals surface area (Å²) >= 11 is 1.31. The van der Waals surface area contributed by atoms with Crippen LogP contribution in [-0.4, -0.2) is 22.3 Å². The first-order valence-corrected chi connectivity index (χ1v) is 8.32. The number of ether oxygens (including phenoxy) is 2. The number of amides is 1. The molecule has 3 heterocycles. The van der Waals surface area contributed by atoms with Crippen LogP contribution in [0.4, 0.5) is 5.13 Å². The van der Waals surface area contributed by atoms with E-state index in [-0.39, 0.29) is 18.3 Å². The number of pyridine rings is 1. The minimum Gasteiger partial charge on any atom is -0.454 e. The van der Waals surface area contributed by atoms with Gasteiger partial charge >= 0.3 is 0 Å². The zero-order chi connectivity index (χ0) is 17.4. The van der Waals surface area contributed by atoms with Gasteiger partial charge in [-0.25, -0.2) is 4.98 Å². The molecule has 2 aromatic heterocycles. The van der Waals surface area contributed by atoms with Gasteiger partial charge < -0.3 is 14.0 Å². The molecule has 126 valence electrons. The number of anilines is 1. The van der Waals surface area contributed by atoms with E-state index in [0.717, 1.165) is 11.3 Å². The third-order valence-corrected chi connectivity index (χ3v) is 4.52. The van der Waals surface area contributed by atoms with E-state index in [4.69, 9.17) is 9.47 Å². The highest BCUT2D eigenvalue weighted by Crippen LogP contribution is 2.36. The Bertz CT molecular complexity index is 1020. The van der Waals surface area contributed by atoms with E-state index < -0.39 is 0 Å². The fraction of sp³-hybridized carbons (Fsp3) is 0.118. The van der Waals surface area contributed by atoms with Gasteiger partial charge in [0, 0.05) is 35.8 Å². The van der Waals surface area contributed by atoms with Gasteiger partial charge in [-0.2, -0.15) is 0 Å². The highest BCUT2D eigenvalue weighted by Gasteiger charge is 2.16. The number of benzene rings is 1. The topological polar surface area (TPSA) is 82.5 Å². The van der Waals surface area contributed by atoms with Crippen molar-refractivity contribution in [1.29, 1.82) is 0 Å². The Hall–Kier alpha value is -3.13. The highest BCUT2D eigenvalue weighted by atomic mass is 32.1. The summed E-state index contributed by atoms with van der Waals surface area (Å²) in [4.78, 5) is 28.3. The van der Waals surface area contributed by atoms with Crippen LogP contribution >= 0.6 is 11.3 Å². The number of aryl methyl sites for hydroxylation is 1. The number of nitrogens with zero attached hydrogens (tertiary/aromatic N) is 2. The second kappa shape index (κ2) is 6.06. The van der Waals surface area contributed by atoms with Gasteiger partial charge in [0.15, 0.2) is 16.6 Å². The molecule has 1 N–H and O–H groups in total. The number of aromatic nitrogens is 2. The second-order valence-corrected chi connectivity index (χ2v) is 6.28. The number of hydrogen-bond acceptors (Lipinski definition) is 6. The molecular formula is C17H13N3O4S. The zero-order valence-electron chi connectivity index (χ0n) is 13.2. The van der Waals surface area contributed by atoms with Gasteiger partial charge in [-0.05, 0) is 24.3 Å². The van der Waals surface area contributed by atoms with Gasteiger partial charge in [-0.1, -0.05) is 0 Å². The van der Waals surface area contributed by atoms with Crippen molar-refractivity contribution in [3.05, 3.63) is 57.8 Å². The Morgan fingerprint density at radius 1 is 1.24 bits per heavy atom. The molecule has 0 saturated carbocycles. The molecule has 1 aromatic carbocycles. The van der Waals surface area contributed by atoms with Crippen molar-refractivity contribution >= 4 is 22.4 Å². The smallest absolute Gasteiger partial charge is 0.257 e. The van der Waals surface area contributed by atoms with Crippen molar-refractivity contribution in [2.24, 2.45) is 7.05 Å². The van der Waals surface area contributed by atoms with E-state index in [1.54, 1.807) is 19.3 Å². The number of nitrogens with one attached hydrogen (secondary N) is 1. The van der Waals surface area contributed by atoms with Gasteiger partial charge in [0.25, 0.3) is 11.5 Å². The van der Waals surface area contributed by atoms with E-state index in [2.05, 4.69) is 10.3 Å². The van der Waals surface area contributed by atoms with Crippen molar-refractivity contribution in [3.63, 3.8) is 0 Å². The summed E-state index contributed by atoms with van der Waals surface area (Å²) in [7, 11) is 1.63. The lowest BCUT2D eigenvalue weighted by molar-refractivity contribution is 0.102. The number of hydrogen-bond donors (Lipinski definition) is 1. The average molecular weight is 355 g/mol. The number of thiazole rings is 1. The molecule has 1 aliphatic heterocycles. The molecule has 7 nitrogen and oxygen atoms in total. The highest BCUT2D eigenvalue weighted by molar-refractivity contribution is 7.14.